The monoisotopic (exact) mass is 471 g/mol. The number of carbonyl (C=O) groups is 3. The molecule has 1 heterocycles. The number of nitrogens with one attached hydrogen (secondary N) is 2. The van der Waals surface area contributed by atoms with Gasteiger partial charge in [-0.3, -0.25) is 9.59 Å². The van der Waals surface area contributed by atoms with Crippen molar-refractivity contribution < 1.29 is 29.0 Å². The van der Waals surface area contributed by atoms with Crippen LogP contribution in [-0.4, -0.2) is 84.9 Å². The predicted octanol–water partition coefficient (Wildman–Crippen LogP) is 2.18. The third-order valence-electron chi connectivity index (χ3n) is 6.01. The molecule has 0 aliphatic carbocycles. The Morgan fingerprint density at radius 3 is 2.39 bits per heavy atom. The number of rotatable bonds is 15. The molecular formula is C24H45N3O6. The van der Waals surface area contributed by atoms with Crippen LogP contribution in [0.5, 0.6) is 0 Å². The first-order chi connectivity index (χ1) is 15.3. The Morgan fingerprint density at radius 1 is 1.12 bits per heavy atom. The fourth-order valence-electron chi connectivity index (χ4n) is 3.84. The number of hydrogen-bond acceptors (Lipinski definition) is 6. The number of amides is 2. The van der Waals surface area contributed by atoms with Gasteiger partial charge in [0.25, 0.3) is 0 Å². The lowest BCUT2D eigenvalue weighted by atomic mass is 9.98. The number of piperidine rings is 1. The minimum atomic E-state index is -1.15. The van der Waals surface area contributed by atoms with Gasteiger partial charge in [-0.05, 0) is 79.3 Å². The number of nitrogens with zero attached hydrogens (tertiary/aromatic N) is 1. The van der Waals surface area contributed by atoms with Crippen molar-refractivity contribution in [1.82, 2.24) is 15.5 Å². The second-order valence-corrected chi connectivity index (χ2v) is 10.4. The van der Waals surface area contributed by atoms with Crippen LogP contribution in [0.4, 0.5) is 0 Å². The standard InChI is InChI=1S/C24H45N3O6/c1-18(28)26-20(22(30)31)9-10-21(29)25-13-11-23(2,3)32-15-12-24(4,5)33-17-19-8-7-14-27(6)16-19/h19-20H,7-17H2,1-6H3,(H,25,29)(H,26,28)(H,30,31). The molecule has 0 bridgehead atoms. The molecule has 33 heavy (non-hydrogen) atoms. The van der Waals surface area contributed by atoms with Crippen LogP contribution in [0.3, 0.4) is 0 Å². The summed E-state index contributed by atoms with van der Waals surface area (Å²) in [5.74, 6) is -1.24. The molecule has 9 nitrogen and oxygen atoms in total. The predicted molar refractivity (Wildman–Crippen MR) is 127 cm³/mol. The van der Waals surface area contributed by atoms with E-state index >= 15 is 0 Å². The summed E-state index contributed by atoms with van der Waals surface area (Å²) in [6.45, 7) is 13.5. The normalized spacial score (nSPS) is 18.5. The number of aliphatic carboxylic acids is 1. The van der Waals surface area contributed by atoms with Crippen molar-refractivity contribution in [3.63, 3.8) is 0 Å². The summed E-state index contributed by atoms with van der Waals surface area (Å²) in [6, 6.07) is -1.06. The number of carboxylic acids is 1. The van der Waals surface area contributed by atoms with Crippen LogP contribution in [0.25, 0.3) is 0 Å². The maximum absolute atomic E-state index is 12.0. The van der Waals surface area contributed by atoms with E-state index in [1.54, 1.807) is 0 Å². The maximum atomic E-state index is 12.0. The third-order valence-corrected chi connectivity index (χ3v) is 6.01. The first-order valence-corrected chi connectivity index (χ1v) is 12.0. The molecule has 3 N–H and O–H groups in total. The lowest BCUT2D eigenvalue weighted by Crippen LogP contribution is -2.41. The molecule has 0 saturated carbocycles. The zero-order valence-corrected chi connectivity index (χ0v) is 21.4. The van der Waals surface area contributed by atoms with Crippen molar-refractivity contribution in [2.75, 3.05) is 39.9 Å². The summed E-state index contributed by atoms with van der Waals surface area (Å²) in [5, 5.41) is 14.2. The van der Waals surface area contributed by atoms with E-state index in [1.165, 1.54) is 26.3 Å². The van der Waals surface area contributed by atoms with Gasteiger partial charge in [0.2, 0.25) is 11.8 Å². The van der Waals surface area contributed by atoms with Gasteiger partial charge in [0.05, 0.1) is 24.4 Å². The van der Waals surface area contributed by atoms with Crippen molar-refractivity contribution in [2.24, 2.45) is 5.92 Å². The highest BCUT2D eigenvalue weighted by Crippen LogP contribution is 2.22. The number of hydrogen-bond donors (Lipinski definition) is 3. The number of carbonyl (C=O) groups excluding carboxylic acids is 2. The van der Waals surface area contributed by atoms with E-state index in [2.05, 4.69) is 36.4 Å². The van der Waals surface area contributed by atoms with Crippen LogP contribution in [0.2, 0.25) is 0 Å². The van der Waals surface area contributed by atoms with Crippen LogP contribution < -0.4 is 10.6 Å². The highest BCUT2D eigenvalue weighted by Gasteiger charge is 2.25. The van der Waals surface area contributed by atoms with E-state index in [4.69, 9.17) is 14.6 Å². The van der Waals surface area contributed by atoms with Crippen LogP contribution in [0.1, 0.15) is 73.1 Å². The molecule has 1 aliphatic rings. The molecule has 0 aromatic carbocycles. The highest BCUT2D eigenvalue weighted by molar-refractivity contribution is 5.83. The molecule has 1 rings (SSSR count). The van der Waals surface area contributed by atoms with Crippen molar-refractivity contribution in [3.8, 4) is 0 Å². The number of likely N-dealkylation sites (tertiary alicyclic amines) is 1. The lowest BCUT2D eigenvalue weighted by molar-refractivity contribution is -0.141. The van der Waals surface area contributed by atoms with Crippen molar-refractivity contribution in [1.29, 1.82) is 0 Å². The molecule has 0 aromatic rings. The second kappa shape index (κ2) is 13.9. The summed E-state index contributed by atoms with van der Waals surface area (Å²) in [7, 11) is 2.16. The fourth-order valence-corrected chi connectivity index (χ4v) is 3.84. The van der Waals surface area contributed by atoms with Crippen LogP contribution in [0.15, 0.2) is 0 Å². The second-order valence-electron chi connectivity index (χ2n) is 10.4. The van der Waals surface area contributed by atoms with Gasteiger partial charge in [0.15, 0.2) is 0 Å². The molecule has 2 amide bonds. The summed E-state index contributed by atoms with van der Waals surface area (Å²) in [4.78, 5) is 36.6. The maximum Gasteiger partial charge on any atom is 0.326 e. The first-order valence-electron chi connectivity index (χ1n) is 12.0. The van der Waals surface area contributed by atoms with E-state index in [0.717, 1.165) is 19.6 Å². The molecule has 0 spiro atoms. The molecular weight excluding hydrogens is 426 g/mol. The molecule has 0 aromatic heterocycles. The Labute approximate surface area is 198 Å². The van der Waals surface area contributed by atoms with Crippen molar-refractivity contribution >= 4 is 17.8 Å². The van der Waals surface area contributed by atoms with E-state index in [-0.39, 0.29) is 24.3 Å². The zero-order valence-electron chi connectivity index (χ0n) is 21.4. The first kappa shape index (κ1) is 29.3. The summed E-state index contributed by atoms with van der Waals surface area (Å²) < 4.78 is 12.3. The molecule has 1 fully saturated rings. The number of carboxylic acid groups (broad SMARTS) is 1. The molecule has 1 aliphatic heterocycles. The van der Waals surface area contributed by atoms with Gasteiger partial charge in [0.1, 0.15) is 6.04 Å². The van der Waals surface area contributed by atoms with Crippen LogP contribution in [0, 0.1) is 5.92 Å². The van der Waals surface area contributed by atoms with Gasteiger partial charge in [0, 0.05) is 26.4 Å². The Balaban J connectivity index is 2.24. The topological polar surface area (TPSA) is 117 Å². The van der Waals surface area contributed by atoms with E-state index in [0.29, 0.717) is 25.5 Å². The minimum Gasteiger partial charge on any atom is -0.480 e. The number of ether oxygens (including phenoxy) is 2. The van der Waals surface area contributed by atoms with E-state index < -0.39 is 23.5 Å². The molecule has 0 radical (unpaired) electrons. The van der Waals surface area contributed by atoms with Gasteiger partial charge in [-0.15, -0.1) is 0 Å². The Morgan fingerprint density at radius 2 is 1.79 bits per heavy atom. The molecule has 192 valence electrons. The highest BCUT2D eigenvalue weighted by atomic mass is 16.5. The van der Waals surface area contributed by atoms with Gasteiger partial charge in [-0.25, -0.2) is 4.79 Å². The Hall–Kier alpha value is -1.71. The fraction of sp³-hybridized carbons (Fsp3) is 0.875. The Bertz CT molecular complexity index is 638. The van der Waals surface area contributed by atoms with Crippen LogP contribution >= 0.6 is 0 Å². The zero-order chi connectivity index (χ0) is 25.1. The van der Waals surface area contributed by atoms with E-state index in [1.807, 2.05) is 13.8 Å². The van der Waals surface area contributed by atoms with E-state index in [9.17, 15) is 14.4 Å². The minimum absolute atomic E-state index is 0.0286. The lowest BCUT2D eigenvalue weighted by Gasteiger charge is -2.34. The molecule has 2 atom stereocenters. The summed E-state index contributed by atoms with van der Waals surface area (Å²) in [5.41, 5.74) is -0.663. The van der Waals surface area contributed by atoms with Gasteiger partial charge >= 0.3 is 5.97 Å². The molecule has 9 heteroatoms. The van der Waals surface area contributed by atoms with Gasteiger partial charge < -0.3 is 30.1 Å². The quantitative estimate of drug-likeness (QED) is 0.335. The van der Waals surface area contributed by atoms with Crippen LogP contribution in [-0.2, 0) is 23.9 Å². The largest absolute Gasteiger partial charge is 0.480 e. The van der Waals surface area contributed by atoms with Crippen molar-refractivity contribution in [3.05, 3.63) is 0 Å². The third kappa shape index (κ3) is 13.6. The molecule has 2 unspecified atom stereocenters. The van der Waals surface area contributed by atoms with Gasteiger partial charge in [-0.1, -0.05) is 0 Å². The summed E-state index contributed by atoms with van der Waals surface area (Å²) in [6.07, 6.45) is 3.94. The molecule has 1 saturated heterocycles. The Kier molecular flexibility index (Phi) is 12.3. The average Bonchev–Trinajstić information content (AvgIpc) is 2.69. The summed E-state index contributed by atoms with van der Waals surface area (Å²) >= 11 is 0. The van der Waals surface area contributed by atoms with Gasteiger partial charge in [-0.2, -0.15) is 0 Å². The smallest absolute Gasteiger partial charge is 0.326 e. The van der Waals surface area contributed by atoms with Crippen molar-refractivity contribution in [2.45, 2.75) is 90.4 Å². The SMILES string of the molecule is CC(=O)NC(CCC(=O)NCCC(C)(C)OCCC(C)(C)OCC1CCCN(C)C1)C(=O)O. The average molecular weight is 472 g/mol.